The second-order valence-corrected chi connectivity index (χ2v) is 9.17. The minimum absolute atomic E-state index is 0.0644. The molecule has 1 aliphatic rings. The van der Waals surface area contributed by atoms with Gasteiger partial charge in [-0.15, -0.1) is 0 Å². The Kier molecular flexibility index (Phi) is 17.2. The van der Waals surface area contributed by atoms with Gasteiger partial charge in [-0.3, -0.25) is 4.79 Å². The Hall–Kier alpha value is -0.690. The van der Waals surface area contributed by atoms with E-state index in [1.807, 2.05) is 0 Å². The van der Waals surface area contributed by atoms with Crippen molar-refractivity contribution in [1.29, 1.82) is 0 Å². The molecule has 0 saturated carbocycles. The predicted molar refractivity (Wildman–Crippen MR) is 123 cm³/mol. The van der Waals surface area contributed by atoms with Gasteiger partial charge in [0.15, 0.2) is 6.10 Å². The fourth-order valence-electron chi connectivity index (χ4n) is 4.13. The summed E-state index contributed by atoms with van der Waals surface area (Å²) in [5.41, 5.74) is 0. The summed E-state index contributed by atoms with van der Waals surface area (Å²) >= 11 is 0. The van der Waals surface area contributed by atoms with E-state index < -0.39 is 30.4 Å². The van der Waals surface area contributed by atoms with Crippen LogP contribution < -0.4 is 0 Å². The van der Waals surface area contributed by atoms with E-state index in [1.165, 1.54) is 83.5 Å². The molecule has 1 saturated heterocycles. The summed E-state index contributed by atoms with van der Waals surface area (Å²) in [6.07, 6.45) is 16.0. The average molecular weight is 445 g/mol. The standard InChI is InChI=1S/C25H48O6/c1-2-3-4-5-6-7-8-9-10-11-12-13-14-15-16-17-18-23(28)31-25-22(27)20-30-19-21(26)24(25)29/h21-22,24-27,29H,2-20H2,1H3/t21-,22-,24-,25-/m1/s1. The van der Waals surface area contributed by atoms with Crippen molar-refractivity contribution >= 4 is 5.97 Å². The molecule has 1 fully saturated rings. The minimum atomic E-state index is -1.33. The molecule has 4 atom stereocenters. The van der Waals surface area contributed by atoms with Crippen LogP contribution in [0.1, 0.15) is 116 Å². The van der Waals surface area contributed by atoms with Crippen molar-refractivity contribution in [2.45, 2.75) is 140 Å². The van der Waals surface area contributed by atoms with Crippen LogP contribution in [0.5, 0.6) is 0 Å². The van der Waals surface area contributed by atoms with Gasteiger partial charge in [0.2, 0.25) is 0 Å². The minimum Gasteiger partial charge on any atom is -0.457 e. The van der Waals surface area contributed by atoms with Crippen LogP contribution in [0.4, 0.5) is 0 Å². The Labute approximate surface area is 189 Å². The van der Waals surface area contributed by atoms with E-state index in [-0.39, 0.29) is 19.6 Å². The van der Waals surface area contributed by atoms with Gasteiger partial charge < -0.3 is 24.8 Å². The highest BCUT2D eigenvalue weighted by Crippen LogP contribution is 2.17. The van der Waals surface area contributed by atoms with Gasteiger partial charge >= 0.3 is 5.97 Å². The Morgan fingerprint density at radius 1 is 0.710 bits per heavy atom. The zero-order valence-electron chi connectivity index (χ0n) is 19.8. The molecule has 0 aromatic carbocycles. The molecule has 1 heterocycles. The SMILES string of the molecule is CCCCCCCCCCCCCCCCCCC(=O)O[C@H]1[C@H](O)[C@H](O)COC[C@H]1O. The van der Waals surface area contributed by atoms with Crippen LogP contribution in [-0.2, 0) is 14.3 Å². The molecule has 0 aromatic rings. The zero-order valence-corrected chi connectivity index (χ0v) is 19.8. The van der Waals surface area contributed by atoms with Crippen molar-refractivity contribution < 1.29 is 29.6 Å². The fraction of sp³-hybridized carbons (Fsp3) is 0.960. The lowest BCUT2D eigenvalue weighted by Crippen LogP contribution is -2.46. The van der Waals surface area contributed by atoms with Gasteiger partial charge in [-0.1, -0.05) is 103 Å². The van der Waals surface area contributed by atoms with Gasteiger partial charge in [0, 0.05) is 6.42 Å². The number of unbranched alkanes of at least 4 members (excludes halogenated alkanes) is 15. The second-order valence-electron chi connectivity index (χ2n) is 9.17. The Balaban J connectivity index is 1.90. The summed E-state index contributed by atoms with van der Waals surface area (Å²) in [5, 5.41) is 29.6. The number of carbonyl (C=O) groups is 1. The van der Waals surface area contributed by atoms with Crippen LogP contribution in [0.15, 0.2) is 0 Å². The van der Waals surface area contributed by atoms with Gasteiger partial charge in [0.05, 0.1) is 13.2 Å². The molecule has 0 bridgehead atoms. The molecule has 1 aliphatic heterocycles. The highest BCUT2D eigenvalue weighted by Gasteiger charge is 2.38. The van der Waals surface area contributed by atoms with Gasteiger partial charge in [0.1, 0.15) is 18.3 Å². The third kappa shape index (κ3) is 14.1. The predicted octanol–water partition coefficient (Wildman–Crippen LogP) is 4.66. The Morgan fingerprint density at radius 2 is 1.13 bits per heavy atom. The maximum Gasteiger partial charge on any atom is 0.306 e. The summed E-state index contributed by atoms with van der Waals surface area (Å²) in [4.78, 5) is 12.0. The molecular weight excluding hydrogens is 396 g/mol. The van der Waals surface area contributed by atoms with Crippen molar-refractivity contribution in [2.75, 3.05) is 13.2 Å². The Bertz CT molecular complexity index is 430. The van der Waals surface area contributed by atoms with Crippen LogP contribution in [0.2, 0.25) is 0 Å². The van der Waals surface area contributed by atoms with Gasteiger partial charge in [-0.2, -0.15) is 0 Å². The van der Waals surface area contributed by atoms with Crippen LogP contribution in [0, 0.1) is 0 Å². The van der Waals surface area contributed by atoms with E-state index in [0.29, 0.717) is 0 Å². The van der Waals surface area contributed by atoms with E-state index in [2.05, 4.69) is 6.92 Å². The van der Waals surface area contributed by atoms with Gasteiger partial charge in [-0.05, 0) is 6.42 Å². The highest BCUT2D eigenvalue weighted by atomic mass is 16.6. The first-order chi connectivity index (χ1) is 15.1. The molecule has 6 nitrogen and oxygen atoms in total. The van der Waals surface area contributed by atoms with Gasteiger partial charge in [-0.25, -0.2) is 0 Å². The summed E-state index contributed by atoms with van der Waals surface area (Å²) in [7, 11) is 0. The number of rotatable bonds is 18. The normalized spacial score (nSPS) is 24.1. The zero-order chi connectivity index (χ0) is 22.7. The second kappa shape index (κ2) is 18.8. The lowest BCUT2D eigenvalue weighted by Gasteiger charge is -2.26. The van der Waals surface area contributed by atoms with E-state index >= 15 is 0 Å². The molecule has 0 spiro atoms. The number of hydrogen-bond donors (Lipinski definition) is 3. The molecule has 1 rings (SSSR count). The maximum absolute atomic E-state index is 12.0. The van der Waals surface area contributed by atoms with Gasteiger partial charge in [0.25, 0.3) is 0 Å². The number of aliphatic hydroxyl groups is 3. The molecule has 0 aliphatic carbocycles. The first kappa shape index (κ1) is 28.3. The summed E-state index contributed by atoms with van der Waals surface area (Å²) < 4.78 is 10.3. The summed E-state index contributed by atoms with van der Waals surface area (Å²) in [5.74, 6) is -0.442. The van der Waals surface area contributed by atoms with Crippen LogP contribution >= 0.6 is 0 Å². The van der Waals surface area contributed by atoms with Crippen molar-refractivity contribution in [3.8, 4) is 0 Å². The van der Waals surface area contributed by atoms with E-state index in [1.54, 1.807) is 0 Å². The first-order valence-electron chi connectivity index (χ1n) is 12.9. The number of esters is 1. The van der Waals surface area contributed by atoms with E-state index in [0.717, 1.165) is 19.3 Å². The third-order valence-electron chi connectivity index (χ3n) is 6.19. The molecule has 0 amide bonds. The lowest BCUT2D eigenvalue weighted by molar-refractivity contribution is -0.169. The highest BCUT2D eigenvalue weighted by molar-refractivity contribution is 5.69. The van der Waals surface area contributed by atoms with Crippen molar-refractivity contribution in [3.63, 3.8) is 0 Å². The number of aliphatic hydroxyl groups excluding tert-OH is 3. The lowest BCUT2D eigenvalue weighted by atomic mass is 10.0. The smallest absolute Gasteiger partial charge is 0.306 e. The summed E-state index contributed by atoms with van der Waals surface area (Å²) in [6.45, 7) is 2.12. The summed E-state index contributed by atoms with van der Waals surface area (Å²) in [6, 6.07) is 0. The van der Waals surface area contributed by atoms with Crippen molar-refractivity contribution in [3.05, 3.63) is 0 Å². The number of hydrogen-bond acceptors (Lipinski definition) is 6. The topological polar surface area (TPSA) is 96.2 Å². The molecule has 0 radical (unpaired) electrons. The molecule has 6 heteroatoms. The average Bonchev–Trinajstić information content (AvgIpc) is 2.87. The molecule has 31 heavy (non-hydrogen) atoms. The van der Waals surface area contributed by atoms with Crippen LogP contribution in [0.3, 0.4) is 0 Å². The molecule has 0 unspecified atom stereocenters. The number of ether oxygens (including phenoxy) is 2. The first-order valence-corrected chi connectivity index (χ1v) is 12.9. The monoisotopic (exact) mass is 444 g/mol. The maximum atomic E-state index is 12.0. The third-order valence-corrected chi connectivity index (χ3v) is 6.19. The van der Waals surface area contributed by atoms with Crippen molar-refractivity contribution in [2.24, 2.45) is 0 Å². The molecule has 3 N–H and O–H groups in total. The molecule has 0 aromatic heterocycles. The largest absolute Gasteiger partial charge is 0.457 e. The van der Waals surface area contributed by atoms with Crippen LogP contribution in [0.25, 0.3) is 0 Å². The van der Waals surface area contributed by atoms with E-state index in [9.17, 15) is 20.1 Å². The molecular formula is C25H48O6. The number of carbonyl (C=O) groups excluding carboxylic acids is 1. The molecule has 184 valence electrons. The van der Waals surface area contributed by atoms with Crippen LogP contribution in [-0.4, -0.2) is 58.9 Å². The quantitative estimate of drug-likeness (QED) is 0.210. The Morgan fingerprint density at radius 3 is 1.61 bits per heavy atom. The van der Waals surface area contributed by atoms with E-state index in [4.69, 9.17) is 9.47 Å². The van der Waals surface area contributed by atoms with Crippen molar-refractivity contribution in [1.82, 2.24) is 0 Å². The fourth-order valence-corrected chi connectivity index (χ4v) is 4.13.